The molecule has 430 valence electrons. The van der Waals surface area contributed by atoms with E-state index < -0.39 is 0 Å². The van der Waals surface area contributed by atoms with E-state index in [1.807, 2.05) is 35.2 Å². The highest BCUT2D eigenvalue weighted by molar-refractivity contribution is 6.08. The lowest BCUT2D eigenvalue weighted by atomic mass is 9.87. The van der Waals surface area contributed by atoms with Crippen LogP contribution < -0.4 is 15.5 Å². The second-order valence-corrected chi connectivity index (χ2v) is 19.9. The molecule has 19 heteroatoms. The van der Waals surface area contributed by atoms with Gasteiger partial charge in [-0.2, -0.15) is 0 Å². The van der Waals surface area contributed by atoms with Crippen LogP contribution in [-0.2, 0) is 49.1 Å². The zero-order chi connectivity index (χ0) is 55.3. The van der Waals surface area contributed by atoms with Gasteiger partial charge in [0, 0.05) is 94.1 Å². The summed E-state index contributed by atoms with van der Waals surface area (Å²) in [6.45, 7) is 12.2. The van der Waals surface area contributed by atoms with Gasteiger partial charge < -0.3 is 63.2 Å². The van der Waals surface area contributed by atoms with E-state index in [0.29, 0.717) is 159 Å². The fraction of sp³-hybridized carbons (Fsp3) is 0.550. The van der Waals surface area contributed by atoms with Crippen molar-refractivity contribution in [1.82, 2.24) is 25.0 Å². The number of carbonyl (C=O) groups is 4. The Morgan fingerprint density at radius 1 is 0.608 bits per heavy atom. The number of benzene rings is 3. The minimum Gasteiger partial charge on any atom is -0.382 e. The highest BCUT2D eigenvalue weighted by Gasteiger charge is 2.25. The molecule has 2 fully saturated rings. The number of fused-ring (bicyclic) bond motifs is 1. The van der Waals surface area contributed by atoms with E-state index in [2.05, 4.69) is 32.6 Å². The van der Waals surface area contributed by atoms with E-state index in [9.17, 15) is 19.2 Å². The largest absolute Gasteiger partial charge is 0.382 e. The number of rotatable bonds is 33. The molecule has 0 bridgehead atoms. The Morgan fingerprint density at radius 3 is 1.95 bits per heavy atom. The average molecular weight is 1090 g/mol. The summed E-state index contributed by atoms with van der Waals surface area (Å²) in [6.07, 6.45) is 8.74. The lowest BCUT2D eigenvalue weighted by Gasteiger charge is -2.29. The van der Waals surface area contributed by atoms with Crippen LogP contribution in [-0.4, -0.2) is 209 Å². The number of aromatic nitrogens is 1. The van der Waals surface area contributed by atoms with Crippen LogP contribution >= 0.6 is 0 Å². The third-order valence-corrected chi connectivity index (χ3v) is 14.2. The van der Waals surface area contributed by atoms with Crippen LogP contribution in [0, 0.1) is 0 Å². The topological polar surface area (TPSA) is 192 Å². The van der Waals surface area contributed by atoms with Gasteiger partial charge in [0.15, 0.2) is 0 Å². The summed E-state index contributed by atoms with van der Waals surface area (Å²) in [4.78, 5) is 67.6. The summed E-state index contributed by atoms with van der Waals surface area (Å²) in [5, 5.41) is 6.39. The van der Waals surface area contributed by atoms with Crippen molar-refractivity contribution < 1.29 is 57.1 Å². The van der Waals surface area contributed by atoms with E-state index >= 15 is 0 Å². The number of carbonyl (C=O) groups excluding carboxylic acids is 4. The van der Waals surface area contributed by atoms with Gasteiger partial charge in [0.2, 0.25) is 5.91 Å². The number of likely N-dealkylation sites (N-methyl/N-ethyl adjacent to an activating group) is 1. The van der Waals surface area contributed by atoms with Gasteiger partial charge in [-0.3, -0.25) is 29.1 Å². The molecule has 19 nitrogen and oxygen atoms in total. The molecule has 3 aliphatic rings. The van der Waals surface area contributed by atoms with Gasteiger partial charge in [-0.05, 0) is 111 Å². The van der Waals surface area contributed by atoms with Gasteiger partial charge in [0.05, 0.1) is 110 Å². The van der Waals surface area contributed by atoms with E-state index in [1.165, 1.54) is 12.0 Å². The molecule has 4 amide bonds. The first kappa shape index (κ1) is 60.8. The SMILES string of the molecule is COCCOCCOCCOCCOCCOCCOCCOCC(=O)N1CCCN(CCN(C)C(=O)c2cccc(C(=O)Nc3ccc(N4CCCCC4)cc3-c3cc(C(=O)N[C@H]4CCCc5ccccc54)ccn3)c2)CC1. The maximum atomic E-state index is 14.1. The maximum Gasteiger partial charge on any atom is 0.255 e. The summed E-state index contributed by atoms with van der Waals surface area (Å²) < 4.78 is 43.5. The molecule has 2 N–H and O–H groups in total. The number of hydrogen-bond acceptors (Lipinski definition) is 15. The zero-order valence-electron chi connectivity index (χ0n) is 46.5. The predicted octanol–water partition coefficient (Wildman–Crippen LogP) is 6.17. The summed E-state index contributed by atoms with van der Waals surface area (Å²) >= 11 is 0. The Kier molecular flexibility index (Phi) is 26.4. The summed E-state index contributed by atoms with van der Waals surface area (Å²) in [6, 6.07) is 24.5. The smallest absolute Gasteiger partial charge is 0.255 e. The number of methoxy groups -OCH3 is 1. The Bertz CT molecular complexity index is 2490. The number of nitrogens with zero attached hydrogens (tertiary/aromatic N) is 5. The Labute approximate surface area is 466 Å². The van der Waals surface area contributed by atoms with Crippen molar-refractivity contribution in [3.8, 4) is 11.3 Å². The van der Waals surface area contributed by atoms with Crippen LogP contribution in [0.1, 0.15) is 86.8 Å². The molecule has 0 radical (unpaired) electrons. The second kappa shape index (κ2) is 34.3. The Balaban J connectivity index is 0.794. The first-order chi connectivity index (χ1) is 38.8. The van der Waals surface area contributed by atoms with Crippen LogP contribution in [0.15, 0.2) is 85.1 Å². The first-order valence-corrected chi connectivity index (χ1v) is 28.2. The van der Waals surface area contributed by atoms with E-state index in [0.717, 1.165) is 69.4 Å². The average Bonchev–Trinajstić information content (AvgIpc) is 3.78. The lowest BCUT2D eigenvalue weighted by Crippen LogP contribution is -2.40. The van der Waals surface area contributed by atoms with Gasteiger partial charge >= 0.3 is 0 Å². The molecule has 3 heterocycles. The number of nitrogens with one attached hydrogen (secondary N) is 2. The minimum atomic E-state index is -0.371. The number of anilines is 2. The molecule has 1 atom stereocenters. The number of aryl methyl sites for hydroxylation is 1. The number of pyridine rings is 1. The van der Waals surface area contributed by atoms with Crippen LogP contribution in [0.5, 0.6) is 0 Å². The quantitative estimate of drug-likeness (QED) is 0.0515. The number of piperidine rings is 1. The maximum absolute atomic E-state index is 14.1. The van der Waals surface area contributed by atoms with Crippen LogP contribution in [0.4, 0.5) is 11.4 Å². The number of hydrogen-bond donors (Lipinski definition) is 2. The van der Waals surface area contributed by atoms with Crippen LogP contribution in [0.3, 0.4) is 0 Å². The van der Waals surface area contributed by atoms with Crippen molar-refractivity contribution in [3.63, 3.8) is 0 Å². The molecule has 0 spiro atoms. The molecule has 0 saturated carbocycles. The van der Waals surface area contributed by atoms with Gasteiger partial charge in [0.1, 0.15) is 6.61 Å². The predicted molar refractivity (Wildman–Crippen MR) is 302 cm³/mol. The molecule has 2 aliphatic heterocycles. The number of amides is 4. The van der Waals surface area contributed by atoms with E-state index in [1.54, 1.807) is 61.7 Å². The van der Waals surface area contributed by atoms with Crippen LogP contribution in [0.25, 0.3) is 11.3 Å². The highest BCUT2D eigenvalue weighted by atomic mass is 16.6. The fourth-order valence-electron chi connectivity index (χ4n) is 9.82. The normalized spacial score (nSPS) is 15.8. The van der Waals surface area contributed by atoms with Crippen molar-refractivity contribution in [2.75, 3.05) is 176 Å². The van der Waals surface area contributed by atoms with E-state index in [-0.39, 0.29) is 36.3 Å². The summed E-state index contributed by atoms with van der Waals surface area (Å²) in [5.41, 5.74) is 6.50. The molecule has 4 aromatic rings. The molecule has 0 unspecified atom stereocenters. The van der Waals surface area contributed by atoms with Gasteiger partial charge in [-0.15, -0.1) is 0 Å². The van der Waals surface area contributed by atoms with E-state index in [4.69, 9.17) is 42.9 Å². The summed E-state index contributed by atoms with van der Waals surface area (Å²) in [5.74, 6) is -0.801. The van der Waals surface area contributed by atoms with Crippen molar-refractivity contribution >= 4 is 35.0 Å². The Hall–Kier alpha value is -5.87. The van der Waals surface area contributed by atoms with Gasteiger partial charge in [-0.25, -0.2) is 0 Å². The van der Waals surface area contributed by atoms with Gasteiger partial charge in [-0.1, -0.05) is 30.3 Å². The van der Waals surface area contributed by atoms with Gasteiger partial charge in [0.25, 0.3) is 17.7 Å². The molecule has 1 aromatic heterocycles. The minimum absolute atomic E-state index is 0.0133. The van der Waals surface area contributed by atoms with Crippen molar-refractivity contribution in [1.29, 1.82) is 0 Å². The van der Waals surface area contributed by atoms with Crippen molar-refractivity contribution in [2.24, 2.45) is 0 Å². The molecule has 7 rings (SSSR count). The molecule has 2 saturated heterocycles. The first-order valence-electron chi connectivity index (χ1n) is 28.2. The van der Waals surface area contributed by atoms with Crippen molar-refractivity contribution in [2.45, 2.75) is 51.0 Å². The molecular formula is C60H83N7O12. The molecular weight excluding hydrogens is 1010 g/mol. The van der Waals surface area contributed by atoms with Crippen molar-refractivity contribution in [3.05, 3.63) is 113 Å². The molecule has 79 heavy (non-hydrogen) atoms. The molecule has 1 aliphatic carbocycles. The monoisotopic (exact) mass is 1090 g/mol. The fourth-order valence-corrected chi connectivity index (χ4v) is 9.82. The summed E-state index contributed by atoms with van der Waals surface area (Å²) in [7, 11) is 3.40. The second-order valence-electron chi connectivity index (χ2n) is 19.9. The lowest BCUT2D eigenvalue weighted by molar-refractivity contribution is -0.136. The molecule has 3 aromatic carbocycles. The third-order valence-electron chi connectivity index (χ3n) is 14.2. The third kappa shape index (κ3) is 20.3. The Morgan fingerprint density at radius 2 is 1.25 bits per heavy atom. The number of ether oxygens (including phenoxy) is 8. The standard InChI is InChI=1S/C60H83N7O12/c1-64(25-26-65-21-10-24-67(28-27-65)57(68)46-79-42-41-78-40-39-77-38-37-76-36-35-75-34-33-74-32-31-73-30-29-72-2)60(71)50-14-8-13-48(43-50)58(69)63-55-18-17-51(66-22-6-3-7-23-66)45-53(55)56-44-49(19-20-61-56)59(70)62-54-16-9-12-47-11-4-5-15-52(47)54/h4-5,8,11,13-15,17-20,43-45,54H,3,6-7,9-10,12,16,21-42,46H2,1-2H3,(H,62,70)(H,63,69)/t54-/m0/s1. The van der Waals surface area contributed by atoms with Crippen LogP contribution in [0.2, 0.25) is 0 Å². The highest BCUT2D eigenvalue weighted by Crippen LogP contribution is 2.34. The zero-order valence-corrected chi connectivity index (χ0v) is 46.5.